The summed E-state index contributed by atoms with van der Waals surface area (Å²) in [6.45, 7) is 1.76. The lowest BCUT2D eigenvalue weighted by molar-refractivity contribution is -0.123. The maximum atomic E-state index is 11.5. The summed E-state index contributed by atoms with van der Waals surface area (Å²) in [5.41, 5.74) is 0.902. The second kappa shape index (κ2) is 5.90. The molecule has 2 N–H and O–H groups in total. The predicted octanol–water partition coefficient (Wildman–Crippen LogP) is 1.03. The first-order chi connectivity index (χ1) is 7.67. The summed E-state index contributed by atoms with van der Waals surface area (Å²) in [7, 11) is 0. The van der Waals surface area contributed by atoms with E-state index in [2.05, 4.69) is 5.32 Å². The number of benzene rings is 1. The van der Waals surface area contributed by atoms with Crippen molar-refractivity contribution >= 4 is 12.2 Å². The molecule has 0 aliphatic rings. The highest BCUT2D eigenvalue weighted by molar-refractivity contribution is 5.85. The Balaban J connectivity index is 2.71. The number of nitrogens with one attached hydrogen (secondary N) is 1. The summed E-state index contributed by atoms with van der Waals surface area (Å²) in [6.07, 6.45) is 1.38. The van der Waals surface area contributed by atoms with Gasteiger partial charge in [-0.3, -0.25) is 9.59 Å². The Morgan fingerprint density at radius 3 is 2.56 bits per heavy atom. The van der Waals surface area contributed by atoms with Gasteiger partial charge in [-0.1, -0.05) is 19.1 Å². The molecule has 1 amide bonds. The van der Waals surface area contributed by atoms with Crippen LogP contribution in [0.25, 0.3) is 0 Å². The van der Waals surface area contributed by atoms with E-state index < -0.39 is 6.04 Å². The monoisotopic (exact) mass is 221 g/mol. The second-order valence-corrected chi connectivity index (χ2v) is 3.53. The summed E-state index contributed by atoms with van der Waals surface area (Å²) < 4.78 is 0. The van der Waals surface area contributed by atoms with E-state index >= 15 is 0 Å². The lowest BCUT2D eigenvalue weighted by atomic mass is 10.0. The summed E-state index contributed by atoms with van der Waals surface area (Å²) in [6, 6.07) is 6.11. The zero-order valence-corrected chi connectivity index (χ0v) is 9.14. The SMILES string of the molecule is CCC(=O)[C@H](Cc1ccc(O)cc1)NC=O. The van der Waals surface area contributed by atoms with E-state index in [0.717, 1.165) is 5.56 Å². The molecule has 86 valence electrons. The minimum Gasteiger partial charge on any atom is -0.508 e. The van der Waals surface area contributed by atoms with Gasteiger partial charge in [0.1, 0.15) is 5.75 Å². The molecular formula is C12H15NO3. The fraction of sp³-hybridized carbons (Fsp3) is 0.333. The van der Waals surface area contributed by atoms with E-state index in [1.165, 1.54) is 0 Å². The first kappa shape index (κ1) is 12.2. The third-order valence-corrected chi connectivity index (χ3v) is 2.38. The molecule has 0 unspecified atom stereocenters. The Kier molecular flexibility index (Phi) is 4.51. The number of aromatic hydroxyl groups is 1. The lowest BCUT2D eigenvalue weighted by Gasteiger charge is -2.13. The minimum atomic E-state index is -0.480. The number of carbonyl (C=O) groups excluding carboxylic acids is 2. The van der Waals surface area contributed by atoms with E-state index in [9.17, 15) is 9.59 Å². The molecule has 0 bridgehead atoms. The highest BCUT2D eigenvalue weighted by Gasteiger charge is 2.15. The average Bonchev–Trinajstić information content (AvgIpc) is 2.30. The van der Waals surface area contributed by atoms with Crippen LogP contribution in [-0.4, -0.2) is 23.3 Å². The van der Waals surface area contributed by atoms with Gasteiger partial charge in [0.25, 0.3) is 0 Å². The number of hydrogen-bond acceptors (Lipinski definition) is 3. The Morgan fingerprint density at radius 2 is 2.06 bits per heavy atom. The Hall–Kier alpha value is -1.84. The summed E-state index contributed by atoms with van der Waals surface area (Å²) in [4.78, 5) is 21.9. The third-order valence-electron chi connectivity index (χ3n) is 2.38. The van der Waals surface area contributed by atoms with E-state index in [4.69, 9.17) is 5.11 Å². The van der Waals surface area contributed by atoms with Crippen LogP contribution in [0.5, 0.6) is 5.75 Å². The van der Waals surface area contributed by atoms with Gasteiger partial charge in [-0.2, -0.15) is 0 Å². The van der Waals surface area contributed by atoms with Crippen LogP contribution in [0.3, 0.4) is 0 Å². The third kappa shape index (κ3) is 3.38. The molecule has 0 heterocycles. The molecule has 4 nitrogen and oxygen atoms in total. The maximum absolute atomic E-state index is 11.5. The Labute approximate surface area is 94.3 Å². The van der Waals surface area contributed by atoms with Crippen molar-refractivity contribution in [3.8, 4) is 5.75 Å². The zero-order valence-electron chi connectivity index (χ0n) is 9.14. The number of Topliss-reactive ketones (excluding diaryl/α,β-unsaturated/α-hetero) is 1. The number of ketones is 1. The van der Waals surface area contributed by atoms with Crippen LogP contribution in [0.1, 0.15) is 18.9 Å². The fourth-order valence-electron chi connectivity index (χ4n) is 1.46. The van der Waals surface area contributed by atoms with Gasteiger partial charge in [-0.25, -0.2) is 0 Å². The smallest absolute Gasteiger partial charge is 0.207 e. The Morgan fingerprint density at radius 1 is 1.44 bits per heavy atom. The van der Waals surface area contributed by atoms with Gasteiger partial charge in [0.15, 0.2) is 5.78 Å². The van der Waals surface area contributed by atoms with E-state index in [1.54, 1.807) is 31.2 Å². The standard InChI is InChI=1S/C12H15NO3/c1-2-12(16)11(13-8-14)7-9-3-5-10(15)6-4-9/h3-6,8,11,15H,2,7H2,1H3,(H,13,14)/t11-/m0/s1. The molecule has 1 rings (SSSR count). The van der Waals surface area contributed by atoms with E-state index in [0.29, 0.717) is 19.3 Å². The van der Waals surface area contributed by atoms with Crippen LogP contribution in [-0.2, 0) is 16.0 Å². The topological polar surface area (TPSA) is 66.4 Å². The first-order valence-electron chi connectivity index (χ1n) is 5.17. The van der Waals surface area contributed by atoms with Crippen LogP contribution in [0, 0.1) is 0 Å². The maximum Gasteiger partial charge on any atom is 0.207 e. The van der Waals surface area contributed by atoms with Gasteiger partial charge in [-0.05, 0) is 24.1 Å². The number of hydrogen-bond donors (Lipinski definition) is 2. The molecule has 4 heteroatoms. The molecular weight excluding hydrogens is 206 g/mol. The molecule has 0 radical (unpaired) electrons. The van der Waals surface area contributed by atoms with Crippen molar-refractivity contribution in [2.24, 2.45) is 0 Å². The van der Waals surface area contributed by atoms with E-state index in [1.807, 2.05) is 0 Å². The van der Waals surface area contributed by atoms with Gasteiger partial charge in [-0.15, -0.1) is 0 Å². The average molecular weight is 221 g/mol. The molecule has 0 fully saturated rings. The normalized spacial score (nSPS) is 11.8. The van der Waals surface area contributed by atoms with Gasteiger partial charge in [0, 0.05) is 6.42 Å². The summed E-state index contributed by atoms with van der Waals surface area (Å²) in [5.74, 6) is 0.186. The van der Waals surface area contributed by atoms with Crippen LogP contribution in [0.2, 0.25) is 0 Å². The molecule has 0 aromatic heterocycles. The number of amides is 1. The van der Waals surface area contributed by atoms with Gasteiger partial charge in [0.05, 0.1) is 6.04 Å². The highest BCUT2D eigenvalue weighted by Crippen LogP contribution is 2.11. The number of phenols is 1. The Bertz CT molecular complexity index is 359. The molecule has 1 aromatic carbocycles. The molecule has 0 saturated carbocycles. The molecule has 0 aliphatic carbocycles. The minimum absolute atomic E-state index is 0.000162. The number of rotatable bonds is 6. The number of phenolic OH excluding ortho intramolecular Hbond substituents is 1. The molecule has 1 atom stereocenters. The first-order valence-corrected chi connectivity index (χ1v) is 5.17. The quantitative estimate of drug-likeness (QED) is 0.705. The van der Waals surface area contributed by atoms with Crippen LogP contribution in [0.4, 0.5) is 0 Å². The van der Waals surface area contributed by atoms with Crippen LogP contribution in [0.15, 0.2) is 24.3 Å². The summed E-state index contributed by atoms with van der Waals surface area (Å²) >= 11 is 0. The van der Waals surface area contributed by atoms with Crippen LogP contribution >= 0.6 is 0 Å². The van der Waals surface area contributed by atoms with Crippen molar-refractivity contribution in [1.29, 1.82) is 0 Å². The van der Waals surface area contributed by atoms with Gasteiger partial charge in [0.2, 0.25) is 6.41 Å². The molecule has 1 aromatic rings. The highest BCUT2D eigenvalue weighted by atomic mass is 16.3. The van der Waals surface area contributed by atoms with Crippen molar-refractivity contribution in [2.45, 2.75) is 25.8 Å². The van der Waals surface area contributed by atoms with Gasteiger partial charge < -0.3 is 10.4 Å². The zero-order chi connectivity index (χ0) is 12.0. The van der Waals surface area contributed by atoms with Crippen molar-refractivity contribution < 1.29 is 14.7 Å². The van der Waals surface area contributed by atoms with E-state index in [-0.39, 0.29) is 11.5 Å². The molecule has 16 heavy (non-hydrogen) atoms. The van der Waals surface area contributed by atoms with Gasteiger partial charge >= 0.3 is 0 Å². The van der Waals surface area contributed by atoms with Crippen molar-refractivity contribution in [3.05, 3.63) is 29.8 Å². The van der Waals surface area contributed by atoms with Crippen molar-refractivity contribution in [2.75, 3.05) is 0 Å². The predicted molar refractivity (Wildman–Crippen MR) is 60.1 cm³/mol. The largest absolute Gasteiger partial charge is 0.508 e. The second-order valence-electron chi connectivity index (χ2n) is 3.53. The summed E-state index contributed by atoms with van der Waals surface area (Å²) in [5, 5.41) is 11.6. The molecule has 0 aliphatic heterocycles. The van der Waals surface area contributed by atoms with Crippen LogP contribution < -0.4 is 5.32 Å². The lowest BCUT2D eigenvalue weighted by Crippen LogP contribution is -2.37. The van der Waals surface area contributed by atoms with Crippen molar-refractivity contribution in [1.82, 2.24) is 5.32 Å². The fourth-order valence-corrected chi connectivity index (χ4v) is 1.46. The molecule has 0 saturated heterocycles. The molecule has 0 spiro atoms. The number of carbonyl (C=O) groups is 2. The van der Waals surface area contributed by atoms with Crippen molar-refractivity contribution in [3.63, 3.8) is 0 Å².